The van der Waals surface area contributed by atoms with Gasteiger partial charge in [-0.1, -0.05) is 55.5 Å². The molecule has 0 radical (unpaired) electrons. The standard InChI is InChI=1S/C10H8O4.C10H10/c1-2-3-4-5-8-14-10(13)7-6-9(11)12;1-3-9-5-7-10(4-2)8-6-9/h1,6-7H,3-4H2,(H,11,12);3-8H,1-2H2/b7-6-;. The molecule has 0 saturated carbocycles. The lowest BCUT2D eigenvalue weighted by Gasteiger charge is -1.92. The normalized spacial score (nSPS) is 8.62. The van der Waals surface area contributed by atoms with Gasteiger partial charge in [0.05, 0.1) is 0 Å². The maximum atomic E-state index is 10.7. The molecule has 0 bridgehead atoms. The van der Waals surface area contributed by atoms with Gasteiger partial charge < -0.3 is 9.84 Å². The number of unbranched alkanes of at least 4 members (excludes halogenated alkanes) is 1. The summed E-state index contributed by atoms with van der Waals surface area (Å²) < 4.78 is 4.32. The number of aliphatic carboxylic acids is 1. The van der Waals surface area contributed by atoms with Crippen molar-refractivity contribution in [2.24, 2.45) is 0 Å². The Morgan fingerprint density at radius 1 is 1.08 bits per heavy atom. The van der Waals surface area contributed by atoms with Crippen molar-refractivity contribution < 1.29 is 19.4 Å². The lowest BCUT2D eigenvalue weighted by Crippen LogP contribution is -1.96. The van der Waals surface area contributed by atoms with Crippen LogP contribution in [0.3, 0.4) is 0 Å². The van der Waals surface area contributed by atoms with Crippen molar-refractivity contribution >= 4 is 24.1 Å². The number of esters is 1. The lowest BCUT2D eigenvalue weighted by molar-refractivity contribution is -0.134. The minimum Gasteiger partial charge on any atom is -0.478 e. The Kier molecular flexibility index (Phi) is 11.3. The summed E-state index contributed by atoms with van der Waals surface area (Å²) in [5.41, 5.74) is 2.29. The van der Waals surface area contributed by atoms with Crippen molar-refractivity contribution in [1.29, 1.82) is 0 Å². The molecule has 4 nitrogen and oxygen atoms in total. The van der Waals surface area contributed by atoms with Gasteiger partial charge in [0.2, 0.25) is 0 Å². The number of benzene rings is 1. The number of carboxylic acids is 1. The van der Waals surface area contributed by atoms with E-state index in [1.54, 1.807) is 0 Å². The van der Waals surface area contributed by atoms with Crippen molar-refractivity contribution in [1.82, 2.24) is 0 Å². The molecule has 1 rings (SSSR count). The third-order valence-corrected chi connectivity index (χ3v) is 2.39. The first-order valence-corrected chi connectivity index (χ1v) is 6.91. The first kappa shape index (κ1) is 20.5. The van der Waals surface area contributed by atoms with Crippen LogP contribution in [0.2, 0.25) is 0 Å². The van der Waals surface area contributed by atoms with Crippen LogP contribution in [-0.2, 0) is 14.3 Å². The first-order valence-electron chi connectivity index (χ1n) is 6.91. The predicted octanol–water partition coefficient (Wildman–Crippen LogP) is 3.52. The molecule has 0 spiro atoms. The number of rotatable bonds is 5. The molecule has 0 heterocycles. The molecule has 0 aliphatic heterocycles. The van der Waals surface area contributed by atoms with Gasteiger partial charge in [0.1, 0.15) is 6.11 Å². The Morgan fingerprint density at radius 2 is 1.62 bits per heavy atom. The molecular weight excluding hydrogens is 304 g/mol. The Hall–Kier alpha value is -3.50. The Bertz CT molecular complexity index is 665. The summed E-state index contributed by atoms with van der Waals surface area (Å²) in [5, 5.41) is 8.15. The highest BCUT2D eigenvalue weighted by Crippen LogP contribution is 2.05. The summed E-state index contributed by atoms with van der Waals surface area (Å²) in [6, 6.07) is 8.07. The van der Waals surface area contributed by atoms with E-state index in [-0.39, 0.29) is 0 Å². The highest BCUT2D eigenvalue weighted by atomic mass is 16.5. The fraction of sp³-hybridized carbons (Fsp3) is 0.100. The van der Waals surface area contributed by atoms with Crippen LogP contribution in [0.25, 0.3) is 12.2 Å². The minimum atomic E-state index is -1.22. The molecule has 24 heavy (non-hydrogen) atoms. The fourth-order valence-corrected chi connectivity index (χ4v) is 1.21. The predicted molar refractivity (Wildman–Crippen MR) is 95.3 cm³/mol. The van der Waals surface area contributed by atoms with Gasteiger partial charge in [0.15, 0.2) is 0 Å². The molecule has 0 aliphatic carbocycles. The van der Waals surface area contributed by atoms with Crippen LogP contribution in [0.4, 0.5) is 0 Å². The quantitative estimate of drug-likeness (QED) is 0.390. The van der Waals surface area contributed by atoms with Crippen molar-refractivity contribution in [2.75, 3.05) is 0 Å². The van der Waals surface area contributed by atoms with Gasteiger partial charge in [0.25, 0.3) is 0 Å². The summed E-state index contributed by atoms with van der Waals surface area (Å²) >= 11 is 0. The Labute approximate surface area is 142 Å². The zero-order valence-electron chi connectivity index (χ0n) is 13.2. The van der Waals surface area contributed by atoms with Gasteiger partial charge in [-0.05, 0) is 11.1 Å². The molecule has 1 aromatic carbocycles. The number of hydrogen-bond acceptors (Lipinski definition) is 3. The van der Waals surface area contributed by atoms with Crippen LogP contribution < -0.4 is 0 Å². The molecular formula is C20H18O4. The molecule has 0 aliphatic rings. The number of carbonyl (C=O) groups is 2. The Balaban J connectivity index is 0.000000463. The van der Waals surface area contributed by atoms with Gasteiger partial charge in [0, 0.05) is 25.0 Å². The van der Waals surface area contributed by atoms with Crippen molar-refractivity contribution in [2.45, 2.75) is 12.8 Å². The molecule has 1 aromatic rings. The molecule has 122 valence electrons. The van der Waals surface area contributed by atoms with E-state index in [0.717, 1.165) is 17.2 Å². The SMILES string of the molecule is C#CCCC#COC(=O)/C=C\C(=O)O.C=Cc1ccc(C=C)cc1. The zero-order valence-corrected chi connectivity index (χ0v) is 13.2. The first-order chi connectivity index (χ1) is 11.5. The summed E-state index contributed by atoms with van der Waals surface area (Å²) in [6.07, 6.45) is 13.1. The number of carbonyl (C=O) groups excluding carboxylic acids is 1. The van der Waals surface area contributed by atoms with E-state index >= 15 is 0 Å². The zero-order chi connectivity index (χ0) is 18.2. The van der Waals surface area contributed by atoms with Gasteiger partial charge in [-0.3, -0.25) is 0 Å². The summed E-state index contributed by atoms with van der Waals surface area (Å²) in [4.78, 5) is 20.6. The minimum absolute atomic E-state index is 0.437. The average Bonchev–Trinajstić information content (AvgIpc) is 2.60. The van der Waals surface area contributed by atoms with E-state index < -0.39 is 11.9 Å². The average molecular weight is 322 g/mol. The second kappa shape index (κ2) is 13.2. The van der Waals surface area contributed by atoms with Crippen LogP contribution in [-0.4, -0.2) is 17.0 Å². The smallest absolute Gasteiger partial charge is 0.344 e. The largest absolute Gasteiger partial charge is 0.478 e. The second-order valence-corrected chi connectivity index (χ2v) is 4.15. The molecule has 0 aromatic heterocycles. The highest BCUT2D eigenvalue weighted by Gasteiger charge is 1.94. The van der Waals surface area contributed by atoms with Crippen LogP contribution in [0.1, 0.15) is 24.0 Å². The van der Waals surface area contributed by atoms with Gasteiger partial charge >= 0.3 is 11.9 Å². The van der Waals surface area contributed by atoms with E-state index in [1.165, 1.54) is 0 Å². The number of carboxylic acid groups (broad SMARTS) is 1. The van der Waals surface area contributed by atoms with Crippen molar-refractivity contribution in [3.8, 4) is 24.4 Å². The van der Waals surface area contributed by atoms with Crippen molar-refractivity contribution in [3.05, 3.63) is 60.7 Å². The lowest BCUT2D eigenvalue weighted by atomic mass is 10.1. The summed E-state index contributed by atoms with van der Waals surface area (Å²) in [5.74, 6) is 2.81. The van der Waals surface area contributed by atoms with E-state index in [9.17, 15) is 9.59 Å². The second-order valence-electron chi connectivity index (χ2n) is 4.15. The molecule has 4 heteroatoms. The van der Waals surface area contributed by atoms with E-state index in [1.807, 2.05) is 36.4 Å². The van der Waals surface area contributed by atoms with Crippen LogP contribution >= 0.6 is 0 Å². The monoisotopic (exact) mass is 322 g/mol. The van der Waals surface area contributed by atoms with Crippen LogP contribution in [0.15, 0.2) is 49.6 Å². The molecule has 0 amide bonds. The molecule has 0 fully saturated rings. The van der Waals surface area contributed by atoms with Crippen LogP contribution in [0.5, 0.6) is 0 Å². The van der Waals surface area contributed by atoms with E-state index in [0.29, 0.717) is 18.9 Å². The third kappa shape index (κ3) is 11.2. The highest BCUT2D eigenvalue weighted by molar-refractivity contribution is 5.91. The van der Waals surface area contributed by atoms with E-state index in [4.69, 9.17) is 11.5 Å². The van der Waals surface area contributed by atoms with Gasteiger partial charge in [-0.25, -0.2) is 9.59 Å². The van der Waals surface area contributed by atoms with E-state index in [2.05, 4.69) is 35.8 Å². The van der Waals surface area contributed by atoms with Crippen molar-refractivity contribution in [3.63, 3.8) is 0 Å². The summed E-state index contributed by atoms with van der Waals surface area (Å²) in [6.45, 7) is 7.32. The number of ether oxygens (including phenoxy) is 1. The molecule has 0 atom stereocenters. The summed E-state index contributed by atoms with van der Waals surface area (Å²) in [7, 11) is 0. The third-order valence-electron chi connectivity index (χ3n) is 2.39. The molecule has 0 saturated heterocycles. The Morgan fingerprint density at radius 3 is 2.04 bits per heavy atom. The maximum absolute atomic E-state index is 10.7. The van der Waals surface area contributed by atoms with Gasteiger partial charge in [-0.15, -0.1) is 12.3 Å². The molecule has 1 N–H and O–H groups in total. The van der Waals surface area contributed by atoms with Gasteiger partial charge in [-0.2, -0.15) is 0 Å². The maximum Gasteiger partial charge on any atom is 0.344 e. The molecule has 0 unspecified atom stereocenters. The fourth-order valence-electron chi connectivity index (χ4n) is 1.21. The topological polar surface area (TPSA) is 63.6 Å². The number of terminal acetylenes is 1. The van der Waals surface area contributed by atoms with Crippen LogP contribution in [0, 0.1) is 24.4 Å². The number of hydrogen-bond donors (Lipinski definition) is 1.